The molecule has 9 nitrogen and oxygen atoms in total. The molecule has 0 spiro atoms. The number of halogens is 1. The van der Waals surface area contributed by atoms with Crippen LogP contribution < -0.4 is 10.6 Å². The number of imide groups is 1. The molecule has 1 atom stereocenters. The van der Waals surface area contributed by atoms with Crippen LogP contribution in [0.1, 0.15) is 31.7 Å². The minimum absolute atomic E-state index is 0.0436. The second-order valence-corrected chi connectivity index (χ2v) is 7.38. The number of anilines is 1. The molecule has 28 heavy (non-hydrogen) atoms. The second-order valence-electron chi connectivity index (χ2n) is 6.97. The standard InChI is InChI=1S/C18H21ClN6O3/c1-10(2)7-14-21-17(24-23-14)22-15(26)8-13-16(27)25(18(28)20-13)9-11-5-3-4-6-12(11)19/h3-6,10,13H,7-9H2,1-2H3,(H,20,28)(H2,21,22,23,24,26)/t13-/m0/s1. The van der Waals surface area contributed by atoms with Crippen LogP contribution in [-0.2, 0) is 22.6 Å². The van der Waals surface area contributed by atoms with Gasteiger partial charge in [0.25, 0.3) is 5.91 Å². The van der Waals surface area contributed by atoms with E-state index < -0.39 is 23.9 Å². The van der Waals surface area contributed by atoms with Crippen molar-refractivity contribution in [3.63, 3.8) is 0 Å². The summed E-state index contributed by atoms with van der Waals surface area (Å²) in [7, 11) is 0. The molecule has 3 N–H and O–H groups in total. The highest BCUT2D eigenvalue weighted by molar-refractivity contribution is 6.31. The van der Waals surface area contributed by atoms with E-state index in [0.717, 1.165) is 4.90 Å². The van der Waals surface area contributed by atoms with E-state index in [1.807, 2.05) is 13.8 Å². The molecule has 0 aliphatic carbocycles. The second kappa shape index (κ2) is 8.39. The minimum atomic E-state index is -0.941. The Morgan fingerprint density at radius 2 is 2.07 bits per heavy atom. The first-order valence-electron chi connectivity index (χ1n) is 8.90. The van der Waals surface area contributed by atoms with Crippen LogP contribution in [0.15, 0.2) is 24.3 Å². The fraction of sp³-hybridized carbons (Fsp3) is 0.389. The van der Waals surface area contributed by atoms with Crippen molar-refractivity contribution in [3.05, 3.63) is 40.7 Å². The van der Waals surface area contributed by atoms with Gasteiger partial charge in [0.1, 0.15) is 11.9 Å². The maximum atomic E-state index is 12.5. The first kappa shape index (κ1) is 19.8. The molecule has 0 unspecified atom stereocenters. The lowest BCUT2D eigenvalue weighted by atomic mass is 10.1. The average Bonchev–Trinajstić information content (AvgIpc) is 3.15. The molecule has 1 saturated heterocycles. The molecular formula is C18H21ClN6O3. The molecule has 1 aromatic carbocycles. The number of carbonyl (C=O) groups is 3. The first-order valence-corrected chi connectivity index (χ1v) is 9.27. The van der Waals surface area contributed by atoms with Gasteiger partial charge in [-0.1, -0.05) is 43.6 Å². The van der Waals surface area contributed by atoms with Crippen molar-refractivity contribution >= 4 is 35.4 Å². The number of nitrogens with zero attached hydrogens (tertiary/aromatic N) is 3. The van der Waals surface area contributed by atoms with Gasteiger partial charge in [-0.25, -0.2) is 4.79 Å². The maximum absolute atomic E-state index is 12.5. The number of benzene rings is 1. The third kappa shape index (κ3) is 4.66. The van der Waals surface area contributed by atoms with Crippen LogP contribution in [0.3, 0.4) is 0 Å². The Kier molecular flexibility index (Phi) is 5.93. The number of carbonyl (C=O) groups excluding carboxylic acids is 3. The molecule has 3 rings (SSSR count). The quantitative estimate of drug-likeness (QED) is 0.610. The number of H-pyrrole nitrogens is 1. The van der Waals surface area contributed by atoms with Crippen LogP contribution in [0.4, 0.5) is 10.7 Å². The molecule has 148 valence electrons. The number of hydrogen-bond acceptors (Lipinski definition) is 5. The van der Waals surface area contributed by atoms with E-state index in [1.165, 1.54) is 0 Å². The molecular weight excluding hydrogens is 384 g/mol. The van der Waals surface area contributed by atoms with Crippen molar-refractivity contribution < 1.29 is 14.4 Å². The van der Waals surface area contributed by atoms with E-state index >= 15 is 0 Å². The third-order valence-corrected chi connectivity index (χ3v) is 4.54. The monoisotopic (exact) mass is 404 g/mol. The lowest BCUT2D eigenvalue weighted by molar-refractivity contribution is -0.130. The van der Waals surface area contributed by atoms with Gasteiger partial charge in [0.2, 0.25) is 11.9 Å². The van der Waals surface area contributed by atoms with Gasteiger partial charge in [-0.05, 0) is 17.5 Å². The number of amides is 4. The SMILES string of the molecule is CC(C)Cc1nc(NC(=O)C[C@@H]2NC(=O)N(Cc3ccccc3Cl)C2=O)n[nH]1. The number of hydrogen-bond donors (Lipinski definition) is 3. The Hall–Kier alpha value is -2.94. The lowest BCUT2D eigenvalue weighted by Crippen LogP contribution is -2.34. The van der Waals surface area contributed by atoms with E-state index in [2.05, 4.69) is 25.8 Å². The zero-order valence-electron chi connectivity index (χ0n) is 15.5. The van der Waals surface area contributed by atoms with Gasteiger partial charge in [0, 0.05) is 11.4 Å². The lowest BCUT2D eigenvalue weighted by Gasteiger charge is -2.14. The molecule has 2 heterocycles. The Morgan fingerprint density at radius 1 is 1.32 bits per heavy atom. The molecule has 1 aromatic heterocycles. The van der Waals surface area contributed by atoms with Crippen LogP contribution in [-0.4, -0.2) is 44.0 Å². The zero-order chi connectivity index (χ0) is 20.3. The summed E-state index contributed by atoms with van der Waals surface area (Å²) in [5.41, 5.74) is 0.649. The molecule has 0 radical (unpaired) electrons. The van der Waals surface area contributed by atoms with E-state index in [1.54, 1.807) is 24.3 Å². The fourth-order valence-electron chi connectivity index (χ4n) is 2.85. The summed E-state index contributed by atoms with van der Waals surface area (Å²) < 4.78 is 0. The van der Waals surface area contributed by atoms with Crippen molar-refractivity contribution in [2.24, 2.45) is 5.92 Å². The summed E-state index contributed by atoms with van der Waals surface area (Å²) in [4.78, 5) is 42.1. The van der Waals surface area contributed by atoms with E-state index in [4.69, 9.17) is 11.6 Å². The fourth-order valence-corrected chi connectivity index (χ4v) is 3.05. The number of aromatic nitrogens is 3. The van der Waals surface area contributed by atoms with E-state index in [9.17, 15) is 14.4 Å². The van der Waals surface area contributed by atoms with Crippen molar-refractivity contribution in [1.82, 2.24) is 25.4 Å². The van der Waals surface area contributed by atoms with Crippen molar-refractivity contribution in [3.8, 4) is 0 Å². The Bertz CT molecular complexity index is 897. The predicted molar refractivity (Wildman–Crippen MR) is 102 cm³/mol. The van der Waals surface area contributed by atoms with Gasteiger partial charge in [-0.2, -0.15) is 4.98 Å². The van der Waals surface area contributed by atoms with Gasteiger partial charge in [-0.15, -0.1) is 5.10 Å². The van der Waals surface area contributed by atoms with Crippen LogP contribution in [0.2, 0.25) is 5.02 Å². The average molecular weight is 405 g/mol. The Morgan fingerprint density at radius 3 is 2.79 bits per heavy atom. The Labute approximate surface area is 166 Å². The summed E-state index contributed by atoms with van der Waals surface area (Å²) in [6, 6.07) is 5.46. The number of aromatic amines is 1. The molecule has 1 aliphatic rings. The van der Waals surface area contributed by atoms with Crippen molar-refractivity contribution in [1.29, 1.82) is 0 Å². The molecule has 0 saturated carbocycles. The summed E-state index contributed by atoms with van der Waals surface area (Å²) >= 11 is 6.09. The normalized spacial score (nSPS) is 16.6. The van der Waals surface area contributed by atoms with Gasteiger partial charge in [0.05, 0.1) is 13.0 Å². The molecule has 0 bridgehead atoms. The highest BCUT2D eigenvalue weighted by Crippen LogP contribution is 2.20. The molecule has 1 aliphatic heterocycles. The first-order chi connectivity index (χ1) is 13.3. The molecule has 4 amide bonds. The van der Waals surface area contributed by atoms with Crippen LogP contribution in [0.25, 0.3) is 0 Å². The topological polar surface area (TPSA) is 120 Å². The van der Waals surface area contributed by atoms with E-state index in [-0.39, 0.29) is 18.9 Å². The van der Waals surface area contributed by atoms with Crippen LogP contribution in [0, 0.1) is 5.92 Å². The molecule has 2 aromatic rings. The van der Waals surface area contributed by atoms with Gasteiger partial charge in [0.15, 0.2) is 0 Å². The summed E-state index contributed by atoms with van der Waals surface area (Å²) in [6.45, 7) is 4.13. The minimum Gasteiger partial charge on any atom is -0.325 e. The Balaban J connectivity index is 1.58. The molecule has 10 heteroatoms. The number of nitrogens with one attached hydrogen (secondary N) is 3. The predicted octanol–water partition coefficient (Wildman–Crippen LogP) is 2.11. The van der Waals surface area contributed by atoms with Crippen LogP contribution in [0.5, 0.6) is 0 Å². The van der Waals surface area contributed by atoms with Crippen molar-refractivity contribution in [2.75, 3.05) is 5.32 Å². The van der Waals surface area contributed by atoms with Gasteiger partial charge >= 0.3 is 6.03 Å². The van der Waals surface area contributed by atoms with E-state index in [0.29, 0.717) is 28.7 Å². The zero-order valence-corrected chi connectivity index (χ0v) is 16.3. The summed E-state index contributed by atoms with van der Waals surface area (Å²) in [6.07, 6.45) is 0.495. The largest absolute Gasteiger partial charge is 0.325 e. The number of urea groups is 1. The molecule has 1 fully saturated rings. The van der Waals surface area contributed by atoms with Crippen LogP contribution >= 0.6 is 11.6 Å². The third-order valence-electron chi connectivity index (χ3n) is 4.17. The summed E-state index contributed by atoms with van der Waals surface area (Å²) in [5.74, 6) is 0.266. The number of rotatable bonds is 7. The van der Waals surface area contributed by atoms with Gasteiger partial charge in [-0.3, -0.25) is 24.9 Å². The van der Waals surface area contributed by atoms with Crippen molar-refractivity contribution in [2.45, 2.75) is 39.3 Å². The smallest absolute Gasteiger partial charge is 0.325 e. The highest BCUT2D eigenvalue weighted by atomic mass is 35.5. The van der Waals surface area contributed by atoms with Gasteiger partial charge < -0.3 is 5.32 Å². The maximum Gasteiger partial charge on any atom is 0.325 e. The summed E-state index contributed by atoms with van der Waals surface area (Å²) in [5, 5.41) is 12.2. The highest BCUT2D eigenvalue weighted by Gasteiger charge is 2.39.